The van der Waals surface area contributed by atoms with Crippen LogP contribution in [0.5, 0.6) is 0 Å². The molecule has 0 radical (unpaired) electrons. The second kappa shape index (κ2) is 9.04. The first-order valence-corrected chi connectivity index (χ1v) is 9.26. The van der Waals surface area contributed by atoms with E-state index in [9.17, 15) is 4.79 Å². The molecule has 3 aromatic rings. The van der Waals surface area contributed by atoms with E-state index in [0.717, 1.165) is 16.7 Å². The molecular formula is C23H19NO2S. The highest BCUT2D eigenvalue weighted by Crippen LogP contribution is 2.48. The first-order chi connectivity index (χ1) is 13.3. The van der Waals surface area contributed by atoms with E-state index in [1.165, 1.54) is 25.1 Å². The number of carbonyl (C=O) groups excluding carboxylic acids is 1. The summed E-state index contributed by atoms with van der Waals surface area (Å²) >= 11 is 1.36. The highest BCUT2D eigenvalue weighted by molar-refractivity contribution is 7.99. The fourth-order valence-corrected chi connectivity index (χ4v) is 3.88. The van der Waals surface area contributed by atoms with Crippen molar-refractivity contribution in [1.29, 1.82) is 0 Å². The zero-order chi connectivity index (χ0) is 19.0. The number of ether oxygens (including phenoxy) is 1. The van der Waals surface area contributed by atoms with Gasteiger partial charge < -0.3 is 4.74 Å². The van der Waals surface area contributed by atoms with E-state index >= 15 is 0 Å². The van der Waals surface area contributed by atoms with Crippen molar-refractivity contribution >= 4 is 23.8 Å². The number of hydrogen-bond donors (Lipinski definition) is 0. The number of rotatable bonds is 6. The highest BCUT2D eigenvalue weighted by atomic mass is 32.2. The first-order valence-electron chi connectivity index (χ1n) is 8.49. The van der Waals surface area contributed by atoms with E-state index in [4.69, 9.17) is 0 Å². The van der Waals surface area contributed by atoms with Crippen LogP contribution >= 0.6 is 11.9 Å². The summed E-state index contributed by atoms with van der Waals surface area (Å²) in [6, 6.07) is 30.6. The van der Waals surface area contributed by atoms with Crippen LogP contribution in [0, 0.1) is 0 Å². The Morgan fingerprint density at radius 1 is 0.852 bits per heavy atom. The van der Waals surface area contributed by atoms with Gasteiger partial charge >= 0.3 is 5.97 Å². The number of esters is 1. The fraction of sp³-hybridized carbons (Fsp3) is 0.0870. The molecular weight excluding hydrogens is 354 g/mol. The number of hydrogen-bond acceptors (Lipinski definition) is 4. The van der Waals surface area contributed by atoms with Crippen molar-refractivity contribution in [3.63, 3.8) is 0 Å². The Kier molecular flexibility index (Phi) is 6.26. The lowest BCUT2D eigenvalue weighted by Gasteiger charge is -2.32. The SMILES string of the molecule is COC(=O)C=C=NSC(c1ccccc1)(c1ccccc1)c1ccccc1. The largest absolute Gasteiger partial charge is 0.465 e. The third kappa shape index (κ3) is 4.20. The van der Waals surface area contributed by atoms with Crippen molar-refractivity contribution in [3.8, 4) is 0 Å². The lowest BCUT2D eigenvalue weighted by atomic mass is 9.84. The quantitative estimate of drug-likeness (QED) is 0.200. The van der Waals surface area contributed by atoms with Gasteiger partial charge in [-0.3, -0.25) is 0 Å². The van der Waals surface area contributed by atoms with Crippen LogP contribution in [0.4, 0.5) is 0 Å². The van der Waals surface area contributed by atoms with Crippen molar-refractivity contribution in [1.82, 2.24) is 0 Å². The molecule has 0 fully saturated rings. The second-order valence-corrected chi connectivity index (χ2v) is 6.74. The minimum atomic E-state index is -0.569. The van der Waals surface area contributed by atoms with E-state index < -0.39 is 10.7 Å². The Labute approximate surface area is 163 Å². The van der Waals surface area contributed by atoms with Crippen molar-refractivity contribution in [2.45, 2.75) is 4.75 Å². The third-order valence-electron chi connectivity index (χ3n) is 4.16. The number of nitrogens with zero attached hydrogens (tertiary/aromatic N) is 1. The molecule has 0 atom stereocenters. The summed E-state index contributed by atoms with van der Waals surface area (Å²) in [7, 11) is 1.33. The molecule has 0 saturated heterocycles. The molecule has 0 bridgehead atoms. The molecule has 0 aromatic heterocycles. The van der Waals surface area contributed by atoms with Crippen LogP contribution < -0.4 is 0 Å². The monoisotopic (exact) mass is 373 g/mol. The fourth-order valence-electron chi connectivity index (χ4n) is 2.91. The first kappa shape index (κ1) is 18.7. The van der Waals surface area contributed by atoms with Crippen molar-refractivity contribution in [3.05, 3.63) is 114 Å². The Morgan fingerprint density at radius 3 is 1.63 bits per heavy atom. The average Bonchev–Trinajstić information content (AvgIpc) is 2.75. The summed E-state index contributed by atoms with van der Waals surface area (Å²) in [5, 5.41) is 0. The molecule has 4 heteroatoms. The molecule has 3 aromatic carbocycles. The molecule has 0 N–H and O–H groups in total. The zero-order valence-electron chi connectivity index (χ0n) is 14.9. The Bertz CT molecular complexity index is 837. The van der Waals surface area contributed by atoms with Crippen LogP contribution in [0.2, 0.25) is 0 Å². The molecule has 0 spiro atoms. The van der Waals surface area contributed by atoms with E-state index in [1.54, 1.807) is 0 Å². The van der Waals surface area contributed by atoms with Gasteiger partial charge in [0.15, 0.2) is 0 Å². The van der Waals surface area contributed by atoms with Gasteiger partial charge in [0.2, 0.25) is 0 Å². The number of carbonyl (C=O) groups is 1. The molecule has 0 saturated carbocycles. The molecule has 0 aliphatic rings. The molecule has 3 nitrogen and oxygen atoms in total. The summed E-state index contributed by atoms with van der Waals surface area (Å²) in [5.74, 6) is 2.21. The van der Waals surface area contributed by atoms with Gasteiger partial charge in [-0.05, 0) is 16.7 Å². The van der Waals surface area contributed by atoms with Gasteiger partial charge in [0.25, 0.3) is 0 Å². The van der Waals surface area contributed by atoms with Gasteiger partial charge in [-0.2, -0.15) is 4.40 Å². The van der Waals surface area contributed by atoms with E-state index in [2.05, 4.69) is 51.4 Å². The Hall–Kier alpha value is -3.07. The van der Waals surface area contributed by atoms with Crippen LogP contribution in [0.1, 0.15) is 16.7 Å². The lowest BCUT2D eigenvalue weighted by Crippen LogP contribution is -2.24. The summed E-state index contributed by atoms with van der Waals surface area (Å²) in [5.41, 5.74) is 3.28. The minimum Gasteiger partial charge on any atom is -0.465 e. The second-order valence-electron chi connectivity index (χ2n) is 5.76. The maximum absolute atomic E-state index is 11.3. The van der Waals surface area contributed by atoms with Crippen LogP contribution in [0.3, 0.4) is 0 Å². The van der Waals surface area contributed by atoms with Crippen LogP contribution in [-0.4, -0.2) is 18.9 Å². The van der Waals surface area contributed by atoms with Gasteiger partial charge in [-0.25, -0.2) is 4.79 Å². The summed E-state index contributed by atoms with van der Waals surface area (Å²) in [4.78, 5) is 11.3. The van der Waals surface area contributed by atoms with Crippen LogP contribution in [0.25, 0.3) is 0 Å². The molecule has 3 rings (SSSR count). The van der Waals surface area contributed by atoms with Gasteiger partial charge in [0.05, 0.1) is 13.2 Å². The molecule has 134 valence electrons. The predicted molar refractivity (Wildman–Crippen MR) is 111 cm³/mol. The lowest BCUT2D eigenvalue weighted by molar-refractivity contribution is -0.134. The molecule has 27 heavy (non-hydrogen) atoms. The van der Waals surface area contributed by atoms with Gasteiger partial charge in [0.1, 0.15) is 4.75 Å². The van der Waals surface area contributed by atoms with Gasteiger partial charge in [-0.15, -0.1) is 0 Å². The molecule has 0 heterocycles. The van der Waals surface area contributed by atoms with E-state index in [0.29, 0.717) is 0 Å². The van der Waals surface area contributed by atoms with Gasteiger partial charge in [-0.1, -0.05) is 91.0 Å². The Balaban J connectivity index is 2.20. The summed E-state index contributed by atoms with van der Waals surface area (Å²) < 4.78 is 8.41. The minimum absolute atomic E-state index is 0.482. The maximum Gasteiger partial charge on any atom is 0.339 e. The molecule has 0 amide bonds. The summed E-state index contributed by atoms with van der Waals surface area (Å²) in [6.45, 7) is 0. The average molecular weight is 373 g/mol. The van der Waals surface area contributed by atoms with Crippen molar-refractivity contribution < 1.29 is 9.53 Å². The normalized spacial score (nSPS) is 10.6. The number of methoxy groups -OCH3 is 1. The van der Waals surface area contributed by atoms with Gasteiger partial charge in [0, 0.05) is 17.8 Å². The standard InChI is InChI=1S/C23H19NO2S/c1-26-22(25)17-18-24-27-23(19-11-5-2-6-12-19,20-13-7-3-8-14-20)21-15-9-4-10-16-21/h2-17H,1H3. The molecule has 0 unspecified atom stereocenters. The van der Waals surface area contributed by atoms with Crippen LogP contribution in [0.15, 0.2) is 101 Å². The number of benzene rings is 3. The van der Waals surface area contributed by atoms with Crippen molar-refractivity contribution in [2.75, 3.05) is 7.11 Å². The van der Waals surface area contributed by atoms with Crippen LogP contribution in [-0.2, 0) is 14.3 Å². The predicted octanol–water partition coefficient (Wildman–Crippen LogP) is 5.03. The molecule has 0 aliphatic heterocycles. The summed E-state index contributed by atoms with van der Waals surface area (Å²) in [6.07, 6.45) is 1.19. The zero-order valence-corrected chi connectivity index (χ0v) is 15.7. The van der Waals surface area contributed by atoms with Crippen molar-refractivity contribution in [2.24, 2.45) is 4.40 Å². The van der Waals surface area contributed by atoms with E-state index in [1.807, 2.05) is 54.6 Å². The highest BCUT2D eigenvalue weighted by Gasteiger charge is 2.37. The Morgan fingerprint density at radius 2 is 1.26 bits per heavy atom. The smallest absolute Gasteiger partial charge is 0.339 e. The maximum atomic E-state index is 11.3. The van der Waals surface area contributed by atoms with E-state index in [-0.39, 0.29) is 0 Å². The topological polar surface area (TPSA) is 38.7 Å². The third-order valence-corrected chi connectivity index (χ3v) is 5.34. The molecule has 0 aliphatic carbocycles.